The Kier molecular flexibility index (Phi) is 4.05. The molecule has 0 atom stereocenters. The molecule has 0 saturated carbocycles. The van der Waals surface area contributed by atoms with Crippen molar-refractivity contribution in [3.63, 3.8) is 0 Å². The van der Waals surface area contributed by atoms with Gasteiger partial charge in [0.25, 0.3) is 0 Å². The third kappa shape index (κ3) is 3.95. The Morgan fingerprint density at radius 3 is 2.20 bits per heavy atom. The molecule has 0 unspecified atom stereocenters. The van der Waals surface area contributed by atoms with Gasteiger partial charge in [0.15, 0.2) is 0 Å². The quantitative estimate of drug-likeness (QED) is 0.688. The molecule has 0 radical (unpaired) electrons. The van der Waals surface area contributed by atoms with E-state index in [2.05, 4.69) is 43.9 Å². The van der Waals surface area contributed by atoms with Crippen molar-refractivity contribution in [3.05, 3.63) is 24.3 Å². The molecule has 1 heteroatoms. The van der Waals surface area contributed by atoms with Crippen molar-refractivity contribution < 1.29 is 19.4 Å². The first-order valence-electron chi connectivity index (χ1n) is 3.29. The zero-order chi connectivity index (χ0) is 8.20. The molecule has 56 valence electrons. The minimum atomic E-state index is 0.217. The normalized spacial score (nSPS) is 11.9. The first-order chi connectivity index (χ1) is 4.48. The Morgan fingerprint density at radius 1 is 1.40 bits per heavy atom. The van der Waals surface area contributed by atoms with Gasteiger partial charge in [-0.15, -0.1) is 0 Å². The van der Waals surface area contributed by atoms with Crippen molar-refractivity contribution in [2.45, 2.75) is 20.8 Å². The van der Waals surface area contributed by atoms with Crippen LogP contribution in [0.1, 0.15) is 20.8 Å². The zero-order valence-electron chi connectivity index (χ0n) is 6.85. The van der Waals surface area contributed by atoms with Crippen molar-refractivity contribution in [3.8, 4) is 0 Å². The average Bonchev–Trinajstić information content (AvgIpc) is 1.80. The van der Waals surface area contributed by atoms with Crippen LogP contribution in [0.25, 0.3) is 0 Å². The fourth-order valence-corrected chi connectivity index (χ4v) is 0.688. The van der Waals surface area contributed by atoms with Crippen LogP contribution in [0.4, 0.5) is 0 Å². The predicted molar refractivity (Wildman–Crippen MR) is 43.8 cm³/mol. The summed E-state index contributed by atoms with van der Waals surface area (Å²) in [7, 11) is 0. The van der Waals surface area contributed by atoms with E-state index in [0.29, 0.717) is 0 Å². The molecule has 0 nitrogen and oxygen atoms in total. The van der Waals surface area contributed by atoms with Crippen LogP contribution in [-0.4, -0.2) is 4.40 Å². The number of hydrogen-bond donors (Lipinski definition) is 0. The second-order valence-corrected chi connectivity index (χ2v) is 4.25. The van der Waals surface area contributed by atoms with Gasteiger partial charge in [0.1, 0.15) is 0 Å². The van der Waals surface area contributed by atoms with E-state index in [0.717, 1.165) is 0 Å². The summed E-state index contributed by atoms with van der Waals surface area (Å²) in [5.74, 6) is 0. The molecule has 0 N–H and O–H groups in total. The molecule has 0 rings (SSSR count). The van der Waals surface area contributed by atoms with Gasteiger partial charge in [-0.1, -0.05) is 0 Å². The van der Waals surface area contributed by atoms with E-state index in [-0.39, 0.29) is 5.41 Å². The molecular weight excluding hydrogens is 292 g/mol. The first-order valence-corrected chi connectivity index (χ1v) is 4.99. The van der Waals surface area contributed by atoms with E-state index in [9.17, 15) is 0 Å². The van der Waals surface area contributed by atoms with E-state index >= 15 is 0 Å². The molecule has 0 saturated heterocycles. The van der Waals surface area contributed by atoms with E-state index in [1.54, 1.807) is 0 Å². The third-order valence-electron chi connectivity index (χ3n) is 1.34. The second-order valence-electron chi connectivity index (χ2n) is 3.27. The third-order valence-corrected chi connectivity index (χ3v) is 1.90. The average molecular weight is 306 g/mol. The Morgan fingerprint density at radius 2 is 1.90 bits per heavy atom. The van der Waals surface area contributed by atoms with Crippen molar-refractivity contribution in [1.29, 1.82) is 0 Å². The summed E-state index contributed by atoms with van der Waals surface area (Å²) in [6, 6.07) is 0. The van der Waals surface area contributed by atoms with Crippen molar-refractivity contribution in [2.75, 3.05) is 0 Å². The Bertz CT molecular complexity index is 158. The van der Waals surface area contributed by atoms with E-state index in [4.69, 9.17) is 0 Å². The molecule has 0 spiro atoms. The van der Waals surface area contributed by atoms with Gasteiger partial charge >= 0.3 is 74.2 Å². The Labute approximate surface area is 74.4 Å². The molecule has 0 aromatic rings. The van der Waals surface area contributed by atoms with Crippen LogP contribution in [0.2, 0.25) is 0 Å². The van der Waals surface area contributed by atoms with E-state index in [1.165, 1.54) is 24.9 Å². The summed E-state index contributed by atoms with van der Waals surface area (Å²) in [5.41, 5.74) is 1.40. The molecule has 0 fully saturated rings. The molecular formula is C9H14W. The maximum atomic E-state index is 3.97. The van der Waals surface area contributed by atoms with Gasteiger partial charge in [-0.3, -0.25) is 0 Å². The van der Waals surface area contributed by atoms with Crippen LogP contribution in [0.3, 0.4) is 0 Å². The number of hydrogen-bond acceptors (Lipinski definition) is 0. The van der Waals surface area contributed by atoms with Gasteiger partial charge in [0, 0.05) is 0 Å². The SMILES string of the molecule is C=C(C=C[CH]=[W])C(C)(C)C. The topological polar surface area (TPSA) is 0 Å². The van der Waals surface area contributed by atoms with Crippen LogP contribution in [0.15, 0.2) is 24.3 Å². The molecule has 0 aromatic heterocycles. The van der Waals surface area contributed by atoms with Crippen molar-refractivity contribution in [1.82, 2.24) is 0 Å². The maximum absolute atomic E-state index is 3.97. The minimum absolute atomic E-state index is 0.217. The second kappa shape index (κ2) is 4.03. The number of rotatable bonds is 2. The van der Waals surface area contributed by atoms with Crippen LogP contribution < -0.4 is 0 Å². The van der Waals surface area contributed by atoms with Crippen molar-refractivity contribution >= 4 is 4.40 Å². The zero-order valence-corrected chi connectivity index (χ0v) is 9.78. The standard InChI is InChI=1S/C9H14.W/c1-6-7-8(2)9(3,4)5;/h1,6-7H,2H2,3-5H3;. The summed E-state index contributed by atoms with van der Waals surface area (Å²) in [4.78, 5) is 0. The van der Waals surface area contributed by atoms with Gasteiger partial charge in [-0.25, -0.2) is 0 Å². The monoisotopic (exact) mass is 306 g/mol. The predicted octanol–water partition coefficient (Wildman–Crippen LogP) is 2.49. The number of allylic oxidation sites excluding steroid dienone is 3. The van der Waals surface area contributed by atoms with Gasteiger partial charge in [0.2, 0.25) is 0 Å². The summed E-state index contributed by atoms with van der Waals surface area (Å²) >= 11 is 1.48. The van der Waals surface area contributed by atoms with Crippen molar-refractivity contribution in [2.24, 2.45) is 5.41 Å². The van der Waals surface area contributed by atoms with Crippen LogP contribution in [-0.2, 0) is 19.4 Å². The fourth-order valence-electron chi connectivity index (χ4n) is 0.405. The summed E-state index contributed by atoms with van der Waals surface area (Å²) in [5, 5.41) is 0. The molecule has 0 heterocycles. The fraction of sp³-hybridized carbons (Fsp3) is 0.444. The summed E-state index contributed by atoms with van der Waals surface area (Å²) in [6.45, 7) is 10.5. The molecule has 0 aliphatic heterocycles. The first kappa shape index (κ1) is 10.0. The molecule has 10 heavy (non-hydrogen) atoms. The van der Waals surface area contributed by atoms with Gasteiger partial charge in [0.05, 0.1) is 0 Å². The van der Waals surface area contributed by atoms with Crippen LogP contribution in [0, 0.1) is 5.41 Å². The van der Waals surface area contributed by atoms with E-state index < -0.39 is 0 Å². The molecule has 0 aliphatic rings. The Balaban J connectivity index is 4.11. The molecule has 0 aromatic carbocycles. The van der Waals surface area contributed by atoms with Gasteiger partial charge < -0.3 is 0 Å². The summed E-state index contributed by atoms with van der Waals surface area (Å²) < 4.78 is 2.09. The Hall–Kier alpha value is 0.0383. The molecule has 0 aliphatic carbocycles. The van der Waals surface area contributed by atoms with Crippen LogP contribution >= 0.6 is 0 Å². The molecule has 0 bridgehead atoms. The van der Waals surface area contributed by atoms with Crippen LogP contribution in [0.5, 0.6) is 0 Å². The summed E-state index contributed by atoms with van der Waals surface area (Å²) in [6.07, 6.45) is 4.13. The van der Waals surface area contributed by atoms with Gasteiger partial charge in [-0.05, 0) is 0 Å². The van der Waals surface area contributed by atoms with E-state index in [1.807, 2.05) is 0 Å². The van der Waals surface area contributed by atoms with Gasteiger partial charge in [-0.2, -0.15) is 0 Å². The molecule has 0 amide bonds.